The molecule has 3 heteroatoms. The standard InChI is InChI=1S/C16H21NO2/c18-15(16-11-17-8-9-19-16)10-13-6-3-5-12-4-1-2-7-14(12)13/h1-2,4,7,13,16-17H,3,5-6,8-11H2. The van der Waals surface area contributed by atoms with Gasteiger partial charge in [0.2, 0.25) is 0 Å². The molecule has 3 rings (SSSR count). The molecule has 1 aromatic rings. The molecule has 0 saturated carbocycles. The number of hydrogen-bond donors (Lipinski definition) is 1. The van der Waals surface area contributed by atoms with Crippen LogP contribution in [-0.2, 0) is 16.0 Å². The van der Waals surface area contributed by atoms with Gasteiger partial charge in [-0.05, 0) is 36.3 Å². The van der Waals surface area contributed by atoms with E-state index >= 15 is 0 Å². The summed E-state index contributed by atoms with van der Waals surface area (Å²) >= 11 is 0. The van der Waals surface area contributed by atoms with E-state index in [0.717, 1.165) is 19.4 Å². The second-order valence-corrected chi connectivity index (χ2v) is 5.52. The molecule has 1 heterocycles. The molecule has 1 aliphatic carbocycles. The Morgan fingerprint density at radius 2 is 2.26 bits per heavy atom. The topological polar surface area (TPSA) is 38.3 Å². The Bertz CT molecular complexity index is 452. The first kappa shape index (κ1) is 12.8. The van der Waals surface area contributed by atoms with Crippen molar-refractivity contribution >= 4 is 5.78 Å². The molecular weight excluding hydrogens is 238 g/mol. The van der Waals surface area contributed by atoms with Gasteiger partial charge in [-0.2, -0.15) is 0 Å². The minimum atomic E-state index is -0.233. The third-order valence-corrected chi connectivity index (χ3v) is 4.23. The van der Waals surface area contributed by atoms with Gasteiger partial charge >= 0.3 is 0 Å². The van der Waals surface area contributed by atoms with Crippen molar-refractivity contribution in [3.63, 3.8) is 0 Å². The van der Waals surface area contributed by atoms with Crippen molar-refractivity contribution in [3.05, 3.63) is 35.4 Å². The molecule has 1 saturated heterocycles. The van der Waals surface area contributed by atoms with Crippen LogP contribution in [0.2, 0.25) is 0 Å². The van der Waals surface area contributed by atoms with Gasteiger partial charge in [-0.3, -0.25) is 4.79 Å². The number of morpholine rings is 1. The molecule has 0 spiro atoms. The van der Waals surface area contributed by atoms with Crippen LogP contribution in [0.3, 0.4) is 0 Å². The third-order valence-electron chi connectivity index (χ3n) is 4.23. The molecule has 102 valence electrons. The highest BCUT2D eigenvalue weighted by Gasteiger charge is 2.27. The number of benzene rings is 1. The maximum absolute atomic E-state index is 12.3. The van der Waals surface area contributed by atoms with Crippen molar-refractivity contribution in [2.24, 2.45) is 0 Å². The highest BCUT2D eigenvalue weighted by atomic mass is 16.5. The number of ketones is 1. The van der Waals surface area contributed by atoms with Crippen molar-refractivity contribution in [2.45, 2.75) is 37.7 Å². The quantitative estimate of drug-likeness (QED) is 0.903. The maximum atomic E-state index is 12.3. The van der Waals surface area contributed by atoms with Crippen LogP contribution in [0.4, 0.5) is 0 Å². The first-order valence-electron chi connectivity index (χ1n) is 7.27. The lowest BCUT2D eigenvalue weighted by atomic mass is 9.80. The van der Waals surface area contributed by atoms with Gasteiger partial charge in [-0.1, -0.05) is 24.3 Å². The van der Waals surface area contributed by atoms with Gasteiger partial charge in [-0.25, -0.2) is 0 Å². The second-order valence-electron chi connectivity index (χ2n) is 5.52. The lowest BCUT2D eigenvalue weighted by molar-refractivity contribution is -0.132. The zero-order chi connectivity index (χ0) is 13.1. The predicted octanol–water partition coefficient (Wildman–Crippen LogP) is 2.05. The van der Waals surface area contributed by atoms with Crippen LogP contribution in [0.15, 0.2) is 24.3 Å². The summed E-state index contributed by atoms with van der Waals surface area (Å²) in [5.41, 5.74) is 2.81. The predicted molar refractivity (Wildman–Crippen MR) is 74.4 cm³/mol. The average molecular weight is 259 g/mol. The Morgan fingerprint density at radius 3 is 3.11 bits per heavy atom. The molecule has 1 aliphatic heterocycles. The first-order valence-corrected chi connectivity index (χ1v) is 7.27. The largest absolute Gasteiger partial charge is 0.368 e. The second kappa shape index (κ2) is 5.85. The maximum Gasteiger partial charge on any atom is 0.163 e. The number of nitrogens with one attached hydrogen (secondary N) is 1. The molecule has 19 heavy (non-hydrogen) atoms. The Kier molecular flexibility index (Phi) is 3.95. The SMILES string of the molecule is O=C(CC1CCCc2ccccc21)C1CNCCO1. The normalized spacial score (nSPS) is 26.7. The Morgan fingerprint density at radius 1 is 1.37 bits per heavy atom. The number of fused-ring (bicyclic) bond motifs is 1. The molecule has 3 nitrogen and oxygen atoms in total. The van der Waals surface area contributed by atoms with Gasteiger partial charge in [0.1, 0.15) is 6.10 Å². The van der Waals surface area contributed by atoms with Crippen LogP contribution in [0.1, 0.15) is 36.3 Å². The van der Waals surface area contributed by atoms with Gasteiger partial charge < -0.3 is 10.1 Å². The zero-order valence-corrected chi connectivity index (χ0v) is 11.2. The first-order chi connectivity index (χ1) is 9.34. The fraction of sp³-hybridized carbons (Fsp3) is 0.562. The molecule has 2 unspecified atom stereocenters. The van der Waals surface area contributed by atoms with Gasteiger partial charge in [0.05, 0.1) is 6.61 Å². The fourth-order valence-corrected chi connectivity index (χ4v) is 3.21. The number of aryl methyl sites for hydroxylation is 1. The summed E-state index contributed by atoms with van der Waals surface area (Å²) in [6.07, 6.45) is 3.87. The molecule has 0 aromatic heterocycles. The number of carbonyl (C=O) groups is 1. The van der Waals surface area contributed by atoms with Crippen LogP contribution in [0, 0.1) is 0 Å². The van der Waals surface area contributed by atoms with Gasteiger partial charge in [0.15, 0.2) is 5.78 Å². The summed E-state index contributed by atoms with van der Waals surface area (Å²) in [6, 6.07) is 8.56. The Hall–Kier alpha value is -1.19. The van der Waals surface area contributed by atoms with Crippen molar-refractivity contribution in [1.82, 2.24) is 5.32 Å². The number of rotatable bonds is 3. The van der Waals surface area contributed by atoms with E-state index in [1.165, 1.54) is 17.5 Å². The minimum Gasteiger partial charge on any atom is -0.368 e. The van der Waals surface area contributed by atoms with Crippen molar-refractivity contribution < 1.29 is 9.53 Å². The van der Waals surface area contributed by atoms with E-state index in [1.807, 2.05) is 0 Å². The van der Waals surface area contributed by atoms with E-state index in [0.29, 0.717) is 25.5 Å². The van der Waals surface area contributed by atoms with Gasteiger partial charge in [-0.15, -0.1) is 0 Å². The number of carbonyl (C=O) groups excluding carboxylic acids is 1. The van der Waals surface area contributed by atoms with Crippen LogP contribution >= 0.6 is 0 Å². The molecule has 2 aliphatic rings. The van der Waals surface area contributed by atoms with Crippen LogP contribution in [-0.4, -0.2) is 31.6 Å². The van der Waals surface area contributed by atoms with E-state index in [1.54, 1.807) is 0 Å². The minimum absolute atomic E-state index is 0.233. The van der Waals surface area contributed by atoms with Crippen molar-refractivity contribution in [2.75, 3.05) is 19.7 Å². The molecular formula is C16H21NO2. The number of hydrogen-bond acceptors (Lipinski definition) is 3. The summed E-state index contributed by atoms with van der Waals surface area (Å²) < 4.78 is 5.56. The fourth-order valence-electron chi connectivity index (χ4n) is 3.21. The summed E-state index contributed by atoms with van der Waals surface area (Å²) in [4.78, 5) is 12.3. The average Bonchev–Trinajstić information content (AvgIpc) is 2.48. The summed E-state index contributed by atoms with van der Waals surface area (Å²) in [5.74, 6) is 0.650. The molecule has 0 radical (unpaired) electrons. The molecule has 1 N–H and O–H groups in total. The lowest BCUT2D eigenvalue weighted by Gasteiger charge is -2.28. The van der Waals surface area contributed by atoms with E-state index in [9.17, 15) is 4.79 Å². The molecule has 1 aromatic carbocycles. The summed E-state index contributed by atoms with van der Waals surface area (Å²) in [5, 5.41) is 3.23. The van der Waals surface area contributed by atoms with Gasteiger partial charge in [0, 0.05) is 19.5 Å². The van der Waals surface area contributed by atoms with Crippen LogP contribution < -0.4 is 5.32 Å². The highest BCUT2D eigenvalue weighted by molar-refractivity contribution is 5.84. The third kappa shape index (κ3) is 2.88. The molecule has 0 bridgehead atoms. The number of ether oxygens (including phenoxy) is 1. The Balaban J connectivity index is 1.68. The van der Waals surface area contributed by atoms with Crippen molar-refractivity contribution in [3.8, 4) is 0 Å². The van der Waals surface area contributed by atoms with E-state index in [-0.39, 0.29) is 11.9 Å². The molecule has 2 atom stereocenters. The van der Waals surface area contributed by atoms with Gasteiger partial charge in [0.25, 0.3) is 0 Å². The molecule has 1 fully saturated rings. The van der Waals surface area contributed by atoms with Crippen molar-refractivity contribution in [1.29, 1.82) is 0 Å². The zero-order valence-electron chi connectivity index (χ0n) is 11.2. The van der Waals surface area contributed by atoms with Crippen LogP contribution in [0.25, 0.3) is 0 Å². The number of Topliss-reactive ketones (excluding diaryl/α,β-unsaturated/α-hetero) is 1. The smallest absolute Gasteiger partial charge is 0.163 e. The highest BCUT2D eigenvalue weighted by Crippen LogP contribution is 2.34. The summed E-state index contributed by atoms with van der Waals surface area (Å²) in [7, 11) is 0. The van der Waals surface area contributed by atoms with E-state index in [2.05, 4.69) is 29.6 Å². The lowest BCUT2D eigenvalue weighted by Crippen LogP contribution is -2.43. The van der Waals surface area contributed by atoms with E-state index in [4.69, 9.17) is 4.74 Å². The monoisotopic (exact) mass is 259 g/mol. The summed E-state index contributed by atoms with van der Waals surface area (Å²) in [6.45, 7) is 2.18. The Labute approximate surface area is 114 Å². The molecule has 0 amide bonds. The van der Waals surface area contributed by atoms with Crippen LogP contribution in [0.5, 0.6) is 0 Å². The van der Waals surface area contributed by atoms with E-state index < -0.39 is 0 Å².